The van der Waals surface area contributed by atoms with Crippen molar-refractivity contribution in [2.75, 3.05) is 17.7 Å². The van der Waals surface area contributed by atoms with Gasteiger partial charge in [-0.1, -0.05) is 38.5 Å². The summed E-state index contributed by atoms with van der Waals surface area (Å²) in [4.78, 5) is 37.1. The number of amides is 1. The first kappa shape index (κ1) is 22.7. The number of ether oxygens (including phenoxy) is 1. The Balaban J connectivity index is 1.74. The molecule has 0 aliphatic rings. The van der Waals surface area contributed by atoms with E-state index in [0.717, 1.165) is 4.90 Å². The van der Waals surface area contributed by atoms with Crippen molar-refractivity contribution in [3.8, 4) is 0 Å². The van der Waals surface area contributed by atoms with Crippen molar-refractivity contribution in [3.63, 3.8) is 0 Å². The summed E-state index contributed by atoms with van der Waals surface area (Å²) in [5.41, 5.74) is 1.74. The number of carbonyl (C=O) groups is 3. The number of hydrogen-bond acceptors (Lipinski definition) is 5. The first-order chi connectivity index (χ1) is 13.6. The molecule has 0 aliphatic heterocycles. The van der Waals surface area contributed by atoms with Crippen LogP contribution in [0.25, 0.3) is 0 Å². The number of hydrogen-bond donors (Lipinski definition) is 1. The second-order valence-electron chi connectivity index (χ2n) is 7.78. The van der Waals surface area contributed by atoms with Crippen molar-refractivity contribution in [1.29, 1.82) is 0 Å². The maximum atomic E-state index is 12.2. The zero-order valence-corrected chi connectivity index (χ0v) is 18.1. The van der Waals surface area contributed by atoms with E-state index in [9.17, 15) is 14.4 Å². The predicted octanol–water partition coefficient (Wildman–Crippen LogP) is 4.89. The zero-order valence-electron chi connectivity index (χ0n) is 17.3. The van der Waals surface area contributed by atoms with Gasteiger partial charge in [0.25, 0.3) is 0 Å². The minimum atomic E-state index is -0.500. The van der Waals surface area contributed by atoms with E-state index in [0.29, 0.717) is 17.0 Å². The van der Waals surface area contributed by atoms with Crippen LogP contribution in [-0.4, -0.2) is 30.0 Å². The molecule has 29 heavy (non-hydrogen) atoms. The van der Waals surface area contributed by atoms with Crippen LogP contribution in [0.5, 0.6) is 0 Å². The topological polar surface area (TPSA) is 72.5 Å². The number of rotatable bonds is 8. The van der Waals surface area contributed by atoms with Gasteiger partial charge in [-0.05, 0) is 43.3 Å². The third-order valence-corrected chi connectivity index (χ3v) is 5.12. The number of ketones is 1. The van der Waals surface area contributed by atoms with Gasteiger partial charge in [0.05, 0.1) is 6.42 Å². The van der Waals surface area contributed by atoms with Crippen molar-refractivity contribution in [1.82, 2.24) is 0 Å². The van der Waals surface area contributed by atoms with E-state index in [1.165, 1.54) is 5.56 Å². The third-order valence-electron chi connectivity index (χ3n) is 4.11. The molecule has 1 amide bonds. The summed E-state index contributed by atoms with van der Waals surface area (Å²) in [7, 11) is 0. The normalized spacial score (nSPS) is 11.0. The monoisotopic (exact) mass is 413 g/mol. The van der Waals surface area contributed by atoms with Gasteiger partial charge in [0.1, 0.15) is 0 Å². The van der Waals surface area contributed by atoms with Gasteiger partial charge in [-0.15, -0.1) is 11.8 Å². The van der Waals surface area contributed by atoms with Crippen LogP contribution in [0.3, 0.4) is 0 Å². The largest absolute Gasteiger partial charge is 0.457 e. The van der Waals surface area contributed by atoms with Crippen molar-refractivity contribution < 1.29 is 19.1 Å². The molecule has 5 nitrogen and oxygen atoms in total. The van der Waals surface area contributed by atoms with E-state index in [-0.39, 0.29) is 24.7 Å². The average molecular weight is 414 g/mol. The Kier molecular flexibility index (Phi) is 8.02. The highest BCUT2D eigenvalue weighted by Crippen LogP contribution is 2.20. The highest BCUT2D eigenvalue weighted by molar-refractivity contribution is 7.99. The molecule has 6 heteroatoms. The summed E-state index contributed by atoms with van der Waals surface area (Å²) >= 11 is 1.58. The number of benzene rings is 2. The summed E-state index contributed by atoms with van der Waals surface area (Å²) in [5.74, 6) is -0.183. The Bertz CT molecular complexity index is 852. The lowest BCUT2D eigenvalue weighted by Crippen LogP contribution is -2.27. The molecule has 0 atom stereocenters. The molecule has 0 aliphatic carbocycles. The SMILES string of the molecule is Cc1ccc(SCCC(=O)OCC(=O)c2ccc(NC(=O)C(C)(C)C)cc2)cc1. The van der Waals surface area contributed by atoms with Crippen LogP contribution in [0.1, 0.15) is 43.1 Å². The fourth-order valence-corrected chi connectivity index (χ4v) is 3.08. The first-order valence-electron chi connectivity index (χ1n) is 9.45. The molecule has 0 aromatic heterocycles. The highest BCUT2D eigenvalue weighted by Gasteiger charge is 2.21. The highest BCUT2D eigenvalue weighted by atomic mass is 32.2. The second kappa shape index (κ2) is 10.3. The van der Waals surface area contributed by atoms with E-state index >= 15 is 0 Å². The van der Waals surface area contributed by atoms with Crippen molar-refractivity contribution in [2.45, 2.75) is 39.0 Å². The molecule has 0 bridgehead atoms. The minimum Gasteiger partial charge on any atom is -0.457 e. The van der Waals surface area contributed by atoms with Gasteiger partial charge in [-0.25, -0.2) is 0 Å². The lowest BCUT2D eigenvalue weighted by Gasteiger charge is -2.17. The fourth-order valence-electron chi connectivity index (χ4n) is 2.25. The van der Waals surface area contributed by atoms with Crippen LogP contribution in [0.4, 0.5) is 5.69 Å². The molecule has 154 valence electrons. The molecule has 0 saturated heterocycles. The molecule has 0 heterocycles. The quantitative estimate of drug-likeness (QED) is 0.379. The number of Topliss-reactive ketones (excluding diaryl/α,β-unsaturated/α-hetero) is 1. The molecule has 0 fully saturated rings. The molecule has 0 saturated carbocycles. The number of nitrogens with one attached hydrogen (secondary N) is 1. The Morgan fingerprint density at radius 3 is 2.17 bits per heavy atom. The lowest BCUT2D eigenvalue weighted by molar-refractivity contribution is -0.142. The van der Waals surface area contributed by atoms with Gasteiger partial charge in [0.15, 0.2) is 12.4 Å². The number of esters is 1. The van der Waals surface area contributed by atoms with E-state index in [1.807, 2.05) is 52.0 Å². The fraction of sp³-hybridized carbons (Fsp3) is 0.348. The Hall–Kier alpha value is -2.60. The maximum Gasteiger partial charge on any atom is 0.307 e. The summed E-state index contributed by atoms with van der Waals surface area (Å²) < 4.78 is 5.08. The molecule has 1 N–H and O–H groups in total. The molecular weight excluding hydrogens is 386 g/mol. The molecule has 0 radical (unpaired) electrons. The van der Waals surface area contributed by atoms with E-state index in [1.54, 1.807) is 36.0 Å². The Morgan fingerprint density at radius 1 is 0.966 bits per heavy atom. The summed E-state index contributed by atoms with van der Waals surface area (Å²) in [6, 6.07) is 14.6. The number of anilines is 1. The second-order valence-corrected chi connectivity index (χ2v) is 8.95. The first-order valence-corrected chi connectivity index (χ1v) is 10.4. The molecule has 2 rings (SSSR count). The van der Waals surface area contributed by atoms with Gasteiger partial charge in [0.2, 0.25) is 5.91 Å². The van der Waals surface area contributed by atoms with E-state index in [4.69, 9.17) is 4.74 Å². The van der Waals surface area contributed by atoms with Gasteiger partial charge >= 0.3 is 5.97 Å². The minimum absolute atomic E-state index is 0.103. The van der Waals surface area contributed by atoms with Crippen LogP contribution >= 0.6 is 11.8 Å². The molecule has 0 spiro atoms. The number of thioether (sulfide) groups is 1. The smallest absolute Gasteiger partial charge is 0.307 e. The predicted molar refractivity (Wildman–Crippen MR) is 116 cm³/mol. The molecule has 2 aromatic rings. The van der Waals surface area contributed by atoms with Crippen molar-refractivity contribution >= 4 is 35.1 Å². The standard InChI is InChI=1S/C23H27NO4S/c1-16-5-11-19(12-6-16)29-14-13-21(26)28-15-20(25)17-7-9-18(10-8-17)24-22(27)23(2,3)4/h5-12H,13-15H2,1-4H3,(H,24,27). The number of aryl methyl sites for hydroxylation is 1. The van der Waals surface area contributed by atoms with Crippen LogP contribution in [0.2, 0.25) is 0 Å². The Morgan fingerprint density at radius 2 is 1.59 bits per heavy atom. The summed E-state index contributed by atoms with van der Waals surface area (Å²) in [6.45, 7) is 7.22. The van der Waals surface area contributed by atoms with E-state index < -0.39 is 11.4 Å². The van der Waals surface area contributed by atoms with Gasteiger partial charge in [-0.3, -0.25) is 14.4 Å². The van der Waals surface area contributed by atoms with Gasteiger partial charge < -0.3 is 10.1 Å². The van der Waals surface area contributed by atoms with Crippen LogP contribution in [0, 0.1) is 12.3 Å². The summed E-state index contributed by atoms with van der Waals surface area (Å²) in [6.07, 6.45) is 0.240. The van der Waals surface area contributed by atoms with Crippen molar-refractivity contribution in [2.24, 2.45) is 5.41 Å². The molecule has 2 aromatic carbocycles. The van der Waals surface area contributed by atoms with Gasteiger partial charge in [0, 0.05) is 27.3 Å². The number of carbonyl (C=O) groups excluding carboxylic acids is 3. The Labute approximate surface area is 176 Å². The van der Waals surface area contributed by atoms with Crippen LogP contribution < -0.4 is 5.32 Å². The molecule has 0 unspecified atom stereocenters. The zero-order chi connectivity index (χ0) is 21.4. The van der Waals surface area contributed by atoms with E-state index in [2.05, 4.69) is 5.32 Å². The summed E-state index contributed by atoms with van der Waals surface area (Å²) in [5, 5.41) is 2.80. The maximum absolute atomic E-state index is 12.2. The van der Waals surface area contributed by atoms with Crippen LogP contribution in [-0.2, 0) is 14.3 Å². The van der Waals surface area contributed by atoms with Gasteiger partial charge in [-0.2, -0.15) is 0 Å². The van der Waals surface area contributed by atoms with Crippen molar-refractivity contribution in [3.05, 3.63) is 59.7 Å². The average Bonchev–Trinajstić information content (AvgIpc) is 2.67. The third kappa shape index (κ3) is 7.74. The molecular formula is C23H27NO4S. The van der Waals surface area contributed by atoms with Crippen LogP contribution in [0.15, 0.2) is 53.4 Å². The lowest BCUT2D eigenvalue weighted by atomic mass is 9.95.